The van der Waals surface area contributed by atoms with E-state index in [0.717, 1.165) is 25.7 Å². The van der Waals surface area contributed by atoms with E-state index in [2.05, 4.69) is 15.5 Å². The summed E-state index contributed by atoms with van der Waals surface area (Å²) in [7, 11) is 0. The lowest BCUT2D eigenvalue weighted by atomic mass is 10.1. The largest absolute Gasteiger partial charge is 0.478 e. The number of rotatable bonds is 3. The van der Waals surface area contributed by atoms with Crippen LogP contribution in [-0.4, -0.2) is 31.3 Å². The molecule has 0 unspecified atom stereocenters. The first-order valence-corrected chi connectivity index (χ1v) is 6.86. The van der Waals surface area contributed by atoms with Crippen molar-refractivity contribution in [3.63, 3.8) is 0 Å². The molecule has 0 amide bonds. The molecule has 1 aromatic carbocycles. The van der Waals surface area contributed by atoms with Gasteiger partial charge in [-0.2, -0.15) is 4.68 Å². The summed E-state index contributed by atoms with van der Waals surface area (Å²) in [5.74, 6) is -0.0255. The standard InChI is InChI=1S/C13H13ClN4O2/c14-9-5-6-10(13(19)20)11(7-9)18-12(15-16-17-18)8-3-1-2-4-8/h5-8H,1-4H2,(H,19,20). The van der Waals surface area contributed by atoms with Crippen LogP contribution in [0.4, 0.5) is 0 Å². The Morgan fingerprint density at radius 3 is 2.80 bits per heavy atom. The van der Waals surface area contributed by atoms with Crippen molar-refractivity contribution in [2.45, 2.75) is 31.6 Å². The van der Waals surface area contributed by atoms with Crippen LogP contribution < -0.4 is 0 Å². The number of hydrogen-bond acceptors (Lipinski definition) is 4. The molecule has 3 rings (SSSR count). The van der Waals surface area contributed by atoms with Crippen LogP contribution >= 0.6 is 11.6 Å². The van der Waals surface area contributed by atoms with E-state index in [-0.39, 0.29) is 11.5 Å². The second-order valence-electron chi connectivity index (χ2n) is 4.90. The van der Waals surface area contributed by atoms with Gasteiger partial charge in [0.05, 0.1) is 11.3 Å². The van der Waals surface area contributed by atoms with E-state index in [4.69, 9.17) is 11.6 Å². The number of carboxylic acids is 1. The Bertz CT molecular complexity index is 650. The summed E-state index contributed by atoms with van der Waals surface area (Å²) in [4.78, 5) is 11.3. The van der Waals surface area contributed by atoms with Crippen LogP contribution in [-0.2, 0) is 0 Å². The molecule has 1 fully saturated rings. The summed E-state index contributed by atoms with van der Waals surface area (Å²) < 4.78 is 1.51. The van der Waals surface area contributed by atoms with Gasteiger partial charge in [0.2, 0.25) is 0 Å². The first-order valence-electron chi connectivity index (χ1n) is 6.48. The van der Waals surface area contributed by atoms with Gasteiger partial charge in [0.1, 0.15) is 0 Å². The Labute approximate surface area is 120 Å². The maximum atomic E-state index is 11.3. The molecule has 6 nitrogen and oxygen atoms in total. The number of benzene rings is 1. The second-order valence-corrected chi connectivity index (χ2v) is 5.33. The predicted octanol–water partition coefficient (Wildman–Crippen LogP) is 2.67. The van der Waals surface area contributed by atoms with Gasteiger partial charge in [0, 0.05) is 10.9 Å². The normalized spacial score (nSPS) is 15.7. The maximum absolute atomic E-state index is 11.3. The molecule has 1 aliphatic carbocycles. The van der Waals surface area contributed by atoms with Crippen molar-refractivity contribution in [2.24, 2.45) is 0 Å². The smallest absolute Gasteiger partial charge is 0.337 e. The molecule has 1 aromatic heterocycles. The van der Waals surface area contributed by atoms with E-state index in [9.17, 15) is 9.90 Å². The number of carboxylic acid groups (broad SMARTS) is 1. The molecule has 1 saturated carbocycles. The lowest BCUT2D eigenvalue weighted by molar-refractivity contribution is 0.0696. The summed E-state index contributed by atoms with van der Waals surface area (Å²) >= 11 is 5.98. The average molecular weight is 293 g/mol. The number of carbonyl (C=O) groups is 1. The lowest BCUT2D eigenvalue weighted by Crippen LogP contribution is -2.11. The third kappa shape index (κ3) is 2.27. The summed E-state index contributed by atoms with van der Waals surface area (Å²) in [5.41, 5.74) is 0.554. The van der Waals surface area contributed by atoms with Gasteiger partial charge in [-0.25, -0.2) is 4.79 Å². The number of halogens is 1. The second kappa shape index (κ2) is 5.20. The minimum atomic E-state index is -1.02. The first kappa shape index (κ1) is 13.1. The number of hydrogen-bond donors (Lipinski definition) is 1. The molecular formula is C13H13ClN4O2. The van der Waals surface area contributed by atoms with Gasteiger partial charge in [-0.05, 0) is 41.5 Å². The SMILES string of the molecule is O=C(O)c1ccc(Cl)cc1-n1nnnc1C1CCCC1. The quantitative estimate of drug-likeness (QED) is 0.940. The van der Waals surface area contributed by atoms with E-state index in [1.165, 1.54) is 10.7 Å². The van der Waals surface area contributed by atoms with Crippen LogP contribution in [0.3, 0.4) is 0 Å². The number of nitrogens with zero attached hydrogens (tertiary/aromatic N) is 4. The Morgan fingerprint density at radius 1 is 1.35 bits per heavy atom. The third-order valence-electron chi connectivity index (χ3n) is 3.63. The van der Waals surface area contributed by atoms with Crippen molar-refractivity contribution in [3.8, 4) is 5.69 Å². The van der Waals surface area contributed by atoms with Crippen LogP contribution in [0.1, 0.15) is 47.8 Å². The van der Waals surface area contributed by atoms with Gasteiger partial charge in [-0.15, -0.1) is 5.10 Å². The molecule has 0 spiro atoms. The van der Waals surface area contributed by atoms with Gasteiger partial charge in [-0.1, -0.05) is 24.4 Å². The summed E-state index contributed by atoms with van der Waals surface area (Å²) in [6.07, 6.45) is 4.37. The summed E-state index contributed by atoms with van der Waals surface area (Å²) in [5, 5.41) is 21.5. The molecule has 1 N–H and O–H groups in total. The van der Waals surface area contributed by atoms with Crippen LogP contribution in [0.25, 0.3) is 5.69 Å². The van der Waals surface area contributed by atoms with Gasteiger partial charge in [0.25, 0.3) is 0 Å². The zero-order valence-corrected chi connectivity index (χ0v) is 11.4. The Balaban J connectivity index is 2.11. The van der Waals surface area contributed by atoms with Crippen LogP contribution in [0.15, 0.2) is 18.2 Å². The maximum Gasteiger partial charge on any atom is 0.337 e. The minimum absolute atomic E-state index is 0.140. The number of tetrazole rings is 1. The van der Waals surface area contributed by atoms with Crippen molar-refractivity contribution < 1.29 is 9.90 Å². The highest BCUT2D eigenvalue weighted by molar-refractivity contribution is 6.30. The van der Waals surface area contributed by atoms with E-state index < -0.39 is 5.97 Å². The molecular weight excluding hydrogens is 280 g/mol. The topological polar surface area (TPSA) is 80.9 Å². The third-order valence-corrected chi connectivity index (χ3v) is 3.87. The summed E-state index contributed by atoms with van der Waals surface area (Å²) in [6.45, 7) is 0. The van der Waals surface area contributed by atoms with E-state index in [1.54, 1.807) is 12.1 Å². The van der Waals surface area contributed by atoms with Crippen LogP contribution in [0.2, 0.25) is 5.02 Å². The highest BCUT2D eigenvalue weighted by Gasteiger charge is 2.25. The fourth-order valence-electron chi connectivity index (χ4n) is 2.67. The van der Waals surface area contributed by atoms with Gasteiger partial charge in [0.15, 0.2) is 5.82 Å². The van der Waals surface area contributed by atoms with Crippen LogP contribution in [0, 0.1) is 0 Å². The predicted molar refractivity (Wildman–Crippen MR) is 72.3 cm³/mol. The van der Waals surface area contributed by atoms with Crippen molar-refractivity contribution >= 4 is 17.6 Å². The molecule has 1 aliphatic rings. The molecule has 0 saturated heterocycles. The molecule has 0 aliphatic heterocycles. The number of aromatic nitrogens is 4. The van der Waals surface area contributed by atoms with Crippen molar-refractivity contribution in [2.75, 3.05) is 0 Å². The first-order chi connectivity index (χ1) is 9.66. The molecule has 2 aromatic rings. The molecule has 104 valence electrons. The fourth-order valence-corrected chi connectivity index (χ4v) is 2.83. The van der Waals surface area contributed by atoms with Crippen molar-refractivity contribution in [1.29, 1.82) is 0 Å². The zero-order valence-electron chi connectivity index (χ0n) is 10.7. The van der Waals surface area contributed by atoms with E-state index in [0.29, 0.717) is 16.5 Å². The Kier molecular flexibility index (Phi) is 3.40. The molecule has 0 radical (unpaired) electrons. The minimum Gasteiger partial charge on any atom is -0.478 e. The average Bonchev–Trinajstić information content (AvgIpc) is 3.09. The van der Waals surface area contributed by atoms with Gasteiger partial charge < -0.3 is 5.11 Å². The Hall–Kier alpha value is -1.95. The van der Waals surface area contributed by atoms with Crippen molar-refractivity contribution in [1.82, 2.24) is 20.2 Å². The monoisotopic (exact) mass is 292 g/mol. The number of aromatic carboxylic acids is 1. The fraction of sp³-hybridized carbons (Fsp3) is 0.385. The zero-order chi connectivity index (χ0) is 14.1. The Morgan fingerprint density at radius 2 is 2.10 bits per heavy atom. The molecule has 0 atom stereocenters. The highest BCUT2D eigenvalue weighted by Crippen LogP contribution is 2.34. The lowest BCUT2D eigenvalue weighted by Gasteiger charge is -2.11. The van der Waals surface area contributed by atoms with Gasteiger partial charge in [-0.3, -0.25) is 0 Å². The highest BCUT2D eigenvalue weighted by atomic mass is 35.5. The van der Waals surface area contributed by atoms with Crippen molar-refractivity contribution in [3.05, 3.63) is 34.6 Å². The van der Waals surface area contributed by atoms with Gasteiger partial charge >= 0.3 is 5.97 Å². The van der Waals surface area contributed by atoms with E-state index >= 15 is 0 Å². The molecule has 7 heteroatoms. The van der Waals surface area contributed by atoms with Crippen LogP contribution in [0.5, 0.6) is 0 Å². The molecule has 0 bridgehead atoms. The molecule has 1 heterocycles. The molecule has 20 heavy (non-hydrogen) atoms. The summed E-state index contributed by atoms with van der Waals surface area (Å²) in [6, 6.07) is 4.61. The van der Waals surface area contributed by atoms with E-state index in [1.807, 2.05) is 0 Å².